The molecule has 3 nitrogen and oxygen atoms in total. The molecule has 4 heteroatoms. The zero-order chi connectivity index (χ0) is 12.8. The van der Waals surface area contributed by atoms with Crippen LogP contribution in [0.1, 0.15) is 5.56 Å². The van der Waals surface area contributed by atoms with E-state index in [1.807, 2.05) is 51.3 Å². The quantitative estimate of drug-likeness (QED) is 0.341. The summed E-state index contributed by atoms with van der Waals surface area (Å²) in [6.07, 6.45) is 0.776. The third-order valence-electron chi connectivity index (χ3n) is 2.31. The molecule has 0 aliphatic rings. The molecular formula is C13H19ClN3+. The summed E-state index contributed by atoms with van der Waals surface area (Å²) in [5, 5.41) is 0.490. The van der Waals surface area contributed by atoms with Crippen molar-refractivity contribution in [1.82, 2.24) is 4.90 Å². The Kier molecular flexibility index (Phi) is 5.16. The van der Waals surface area contributed by atoms with Gasteiger partial charge in [0.15, 0.2) is 0 Å². The van der Waals surface area contributed by atoms with E-state index in [1.165, 1.54) is 5.56 Å². The summed E-state index contributed by atoms with van der Waals surface area (Å²) in [5.41, 5.74) is 1.23. The van der Waals surface area contributed by atoms with Crippen molar-refractivity contribution in [1.29, 1.82) is 0 Å². The lowest BCUT2D eigenvalue weighted by Crippen LogP contribution is -2.25. The van der Waals surface area contributed by atoms with Crippen molar-refractivity contribution in [2.75, 3.05) is 28.2 Å². The summed E-state index contributed by atoms with van der Waals surface area (Å²) < 4.78 is 1.79. The minimum absolute atomic E-state index is 0.490. The van der Waals surface area contributed by atoms with Crippen LogP contribution in [0.15, 0.2) is 35.3 Å². The number of rotatable bonds is 2. The highest BCUT2D eigenvalue weighted by Gasteiger charge is 2.13. The van der Waals surface area contributed by atoms with Gasteiger partial charge in [0.2, 0.25) is 5.84 Å². The standard InChI is InChI=1S/C13H19ClN3/c1-16(2)12(15-13(14)17(3)4)10-11-8-6-5-7-9-11/h5-9H,10H2,1-4H3/q+1. The van der Waals surface area contributed by atoms with E-state index >= 15 is 0 Å². The SMILES string of the molecule is CN(C)/C(Cc1ccccc1)=N/C(Cl)=[N+](C)C. The first-order valence-electron chi connectivity index (χ1n) is 5.49. The third kappa shape index (κ3) is 4.57. The number of nitrogens with zero attached hydrogens (tertiary/aromatic N) is 3. The predicted octanol–water partition coefficient (Wildman–Crippen LogP) is 2.06. The van der Waals surface area contributed by atoms with Crippen LogP contribution in [0.25, 0.3) is 0 Å². The van der Waals surface area contributed by atoms with Crippen molar-refractivity contribution in [3.8, 4) is 0 Å². The molecule has 0 N–H and O–H groups in total. The second-order valence-corrected chi connectivity index (χ2v) is 4.59. The highest BCUT2D eigenvalue weighted by atomic mass is 35.5. The van der Waals surface area contributed by atoms with Crippen LogP contribution in [0.2, 0.25) is 0 Å². The molecule has 0 aliphatic heterocycles. The topological polar surface area (TPSA) is 18.6 Å². The third-order valence-corrected chi connectivity index (χ3v) is 2.73. The summed E-state index contributed by atoms with van der Waals surface area (Å²) in [6.45, 7) is 0. The van der Waals surface area contributed by atoms with Gasteiger partial charge in [0.25, 0.3) is 0 Å². The smallest absolute Gasteiger partial charge is 0.345 e. The first-order valence-corrected chi connectivity index (χ1v) is 5.87. The van der Waals surface area contributed by atoms with Crippen LogP contribution in [-0.2, 0) is 6.42 Å². The molecule has 1 rings (SSSR count). The Labute approximate surface area is 108 Å². The molecule has 1 aromatic carbocycles. The minimum Gasteiger partial charge on any atom is -0.345 e. The number of hydrogen-bond acceptors (Lipinski definition) is 0. The average Bonchev–Trinajstić information content (AvgIpc) is 2.29. The molecule has 92 valence electrons. The molecule has 0 atom stereocenters. The van der Waals surface area contributed by atoms with E-state index in [0.29, 0.717) is 5.29 Å². The van der Waals surface area contributed by atoms with Crippen LogP contribution in [0.3, 0.4) is 0 Å². The molecule has 0 saturated heterocycles. The Morgan fingerprint density at radius 3 is 2.29 bits per heavy atom. The number of halogens is 1. The zero-order valence-electron chi connectivity index (χ0n) is 10.8. The van der Waals surface area contributed by atoms with Crippen molar-refractivity contribution in [3.63, 3.8) is 0 Å². The van der Waals surface area contributed by atoms with E-state index in [9.17, 15) is 0 Å². The fraction of sp³-hybridized carbons (Fsp3) is 0.385. The highest BCUT2D eigenvalue weighted by Crippen LogP contribution is 2.03. The van der Waals surface area contributed by atoms with Gasteiger partial charge in [0.1, 0.15) is 0 Å². The molecule has 0 bridgehead atoms. The highest BCUT2D eigenvalue weighted by molar-refractivity contribution is 6.64. The minimum atomic E-state index is 0.490. The largest absolute Gasteiger partial charge is 0.392 e. The summed E-state index contributed by atoms with van der Waals surface area (Å²) >= 11 is 6.05. The second kappa shape index (κ2) is 6.40. The van der Waals surface area contributed by atoms with E-state index in [1.54, 1.807) is 4.58 Å². The van der Waals surface area contributed by atoms with Crippen molar-refractivity contribution >= 4 is 22.7 Å². The lowest BCUT2D eigenvalue weighted by molar-refractivity contribution is -0.462. The maximum Gasteiger partial charge on any atom is 0.392 e. The Morgan fingerprint density at radius 2 is 1.82 bits per heavy atom. The predicted molar refractivity (Wildman–Crippen MR) is 74.2 cm³/mol. The van der Waals surface area contributed by atoms with Crippen LogP contribution >= 0.6 is 11.6 Å². The average molecular weight is 253 g/mol. The van der Waals surface area contributed by atoms with Crippen molar-refractivity contribution < 1.29 is 4.58 Å². The number of hydrogen-bond donors (Lipinski definition) is 0. The van der Waals surface area contributed by atoms with E-state index in [2.05, 4.69) is 17.1 Å². The molecule has 0 aromatic heterocycles. The van der Waals surface area contributed by atoms with Crippen molar-refractivity contribution in [3.05, 3.63) is 35.9 Å². The monoisotopic (exact) mass is 252 g/mol. The molecule has 0 spiro atoms. The molecule has 1 aromatic rings. The number of aliphatic imine (C=N–C) groups is 1. The van der Waals surface area contributed by atoms with Crippen LogP contribution < -0.4 is 0 Å². The molecule has 17 heavy (non-hydrogen) atoms. The van der Waals surface area contributed by atoms with Gasteiger partial charge < -0.3 is 4.90 Å². The maximum atomic E-state index is 6.05. The number of amidine groups is 2. The zero-order valence-corrected chi connectivity index (χ0v) is 11.6. The van der Waals surface area contributed by atoms with Gasteiger partial charge in [-0.2, -0.15) is 0 Å². The Balaban J connectivity index is 2.93. The lowest BCUT2D eigenvalue weighted by atomic mass is 10.1. The Bertz CT molecular complexity index is 418. The Morgan fingerprint density at radius 1 is 1.24 bits per heavy atom. The molecule has 0 amide bonds. The molecule has 0 heterocycles. The van der Waals surface area contributed by atoms with Gasteiger partial charge in [-0.1, -0.05) is 30.3 Å². The first kappa shape index (κ1) is 13.7. The summed E-state index contributed by atoms with van der Waals surface area (Å²) in [4.78, 5) is 6.41. The number of likely N-dealkylation sites (N-methyl/N-ethyl adjacent to an activating group) is 1. The van der Waals surface area contributed by atoms with Crippen molar-refractivity contribution in [2.24, 2.45) is 4.99 Å². The number of benzene rings is 1. The van der Waals surface area contributed by atoms with E-state index in [4.69, 9.17) is 11.6 Å². The molecule has 0 saturated carbocycles. The maximum absolute atomic E-state index is 6.05. The van der Waals surface area contributed by atoms with Gasteiger partial charge in [0, 0.05) is 25.7 Å². The van der Waals surface area contributed by atoms with Crippen LogP contribution in [0.4, 0.5) is 0 Å². The summed E-state index contributed by atoms with van der Waals surface area (Å²) in [5.74, 6) is 0.940. The molecule has 0 aliphatic carbocycles. The molecule has 0 unspecified atom stereocenters. The van der Waals surface area contributed by atoms with Crippen LogP contribution in [0.5, 0.6) is 0 Å². The van der Waals surface area contributed by atoms with Gasteiger partial charge in [-0.3, -0.25) is 4.58 Å². The molecule has 0 radical (unpaired) electrons. The van der Waals surface area contributed by atoms with Crippen LogP contribution in [-0.4, -0.2) is 48.8 Å². The van der Waals surface area contributed by atoms with E-state index in [0.717, 1.165) is 12.3 Å². The second-order valence-electron chi connectivity index (χ2n) is 4.25. The molecule has 0 fully saturated rings. The summed E-state index contributed by atoms with van der Waals surface area (Å²) in [6, 6.07) is 10.2. The van der Waals surface area contributed by atoms with Crippen molar-refractivity contribution in [2.45, 2.75) is 6.42 Å². The fourth-order valence-corrected chi connectivity index (χ4v) is 1.38. The van der Waals surface area contributed by atoms with Gasteiger partial charge in [-0.05, 0) is 10.6 Å². The lowest BCUT2D eigenvalue weighted by Gasteiger charge is -2.10. The normalized spacial score (nSPS) is 11.2. The Hall–Kier alpha value is -1.35. The van der Waals surface area contributed by atoms with E-state index < -0.39 is 0 Å². The van der Waals surface area contributed by atoms with Gasteiger partial charge >= 0.3 is 5.29 Å². The van der Waals surface area contributed by atoms with Gasteiger partial charge in [-0.25, -0.2) is 0 Å². The fourth-order valence-electron chi connectivity index (χ4n) is 1.28. The van der Waals surface area contributed by atoms with Gasteiger partial charge in [0.05, 0.1) is 20.5 Å². The van der Waals surface area contributed by atoms with Crippen LogP contribution in [0, 0.1) is 0 Å². The molecular weight excluding hydrogens is 234 g/mol. The van der Waals surface area contributed by atoms with E-state index in [-0.39, 0.29) is 0 Å². The van der Waals surface area contributed by atoms with Gasteiger partial charge in [-0.15, -0.1) is 0 Å². The first-order chi connectivity index (χ1) is 8.00. The summed E-state index contributed by atoms with van der Waals surface area (Å²) in [7, 11) is 7.70.